The predicted molar refractivity (Wildman–Crippen MR) is 133 cm³/mol. The van der Waals surface area contributed by atoms with Gasteiger partial charge >= 0.3 is 0 Å². The number of anilines is 1. The number of piperidine rings is 1. The van der Waals surface area contributed by atoms with Crippen LogP contribution in [-0.4, -0.2) is 38.7 Å². The number of hydrogen-bond donors (Lipinski definition) is 1. The van der Waals surface area contributed by atoms with Crippen molar-refractivity contribution in [2.45, 2.75) is 26.4 Å². The highest BCUT2D eigenvalue weighted by Gasteiger charge is 2.27. The van der Waals surface area contributed by atoms with Crippen LogP contribution in [0.3, 0.4) is 0 Å². The fraction of sp³-hybridized carbons (Fsp3) is 0.259. The molecule has 1 N–H and O–H groups in total. The Balaban J connectivity index is 1.41. The second kappa shape index (κ2) is 9.57. The summed E-state index contributed by atoms with van der Waals surface area (Å²) >= 11 is 0. The molecule has 0 saturated carbocycles. The summed E-state index contributed by atoms with van der Waals surface area (Å²) < 4.78 is 1.54. The number of aryl methyl sites for hydroxylation is 1. The van der Waals surface area contributed by atoms with Crippen LogP contribution in [0.4, 0.5) is 5.82 Å². The van der Waals surface area contributed by atoms with Crippen LogP contribution >= 0.6 is 0 Å². The molecule has 0 bridgehead atoms. The highest BCUT2D eigenvalue weighted by atomic mass is 16.2. The minimum atomic E-state index is -0.163. The lowest BCUT2D eigenvalue weighted by molar-refractivity contribution is -0.121. The number of nitrogens with one attached hydrogen (secondary N) is 1. The smallest absolute Gasteiger partial charge is 0.275 e. The molecular formula is C27H27N5O2. The molecule has 3 heterocycles. The fourth-order valence-electron chi connectivity index (χ4n) is 4.51. The van der Waals surface area contributed by atoms with Crippen LogP contribution in [0.1, 0.15) is 18.4 Å². The monoisotopic (exact) mass is 453 g/mol. The van der Waals surface area contributed by atoms with E-state index < -0.39 is 0 Å². The standard InChI is InChI=1S/C27H27N5O2/c1-19-11-13-20(14-12-19)25-22-8-2-3-9-23(22)27(34)32(30-25)18-31-16-6-7-21(17-31)26(33)29-24-10-4-5-15-28-24/h2-5,8-15,21H,6-7,16-18H2,1H3,(H,28,29,33). The largest absolute Gasteiger partial charge is 0.310 e. The van der Waals surface area contributed by atoms with Gasteiger partial charge in [-0.25, -0.2) is 9.67 Å². The summed E-state index contributed by atoms with van der Waals surface area (Å²) in [4.78, 5) is 32.4. The molecule has 0 aliphatic carbocycles. The molecule has 1 fully saturated rings. The average molecular weight is 454 g/mol. The average Bonchev–Trinajstić information content (AvgIpc) is 2.87. The summed E-state index contributed by atoms with van der Waals surface area (Å²) in [5, 5.41) is 9.18. The van der Waals surface area contributed by atoms with Gasteiger partial charge in [0.25, 0.3) is 5.56 Å². The van der Waals surface area contributed by atoms with Crippen LogP contribution < -0.4 is 10.9 Å². The summed E-state index contributed by atoms with van der Waals surface area (Å²) in [6.07, 6.45) is 3.35. The van der Waals surface area contributed by atoms with E-state index in [4.69, 9.17) is 5.10 Å². The molecule has 7 nitrogen and oxygen atoms in total. The Labute approximate surface area is 198 Å². The van der Waals surface area contributed by atoms with Gasteiger partial charge in [0, 0.05) is 23.7 Å². The van der Waals surface area contributed by atoms with Crippen molar-refractivity contribution in [3.8, 4) is 11.3 Å². The van der Waals surface area contributed by atoms with Gasteiger partial charge in [0.15, 0.2) is 0 Å². The molecule has 0 radical (unpaired) electrons. The number of pyridine rings is 1. The van der Waals surface area contributed by atoms with Gasteiger partial charge in [-0.2, -0.15) is 5.10 Å². The van der Waals surface area contributed by atoms with E-state index in [2.05, 4.69) is 27.3 Å². The number of benzene rings is 2. The third-order valence-electron chi connectivity index (χ3n) is 6.32. The Hall–Kier alpha value is -3.84. The van der Waals surface area contributed by atoms with Crippen molar-refractivity contribution in [3.63, 3.8) is 0 Å². The molecule has 2 aromatic carbocycles. The fourth-order valence-corrected chi connectivity index (χ4v) is 4.51. The third kappa shape index (κ3) is 4.61. The number of nitrogens with zero attached hydrogens (tertiary/aromatic N) is 4. The van der Waals surface area contributed by atoms with Crippen LogP contribution in [0.5, 0.6) is 0 Å². The van der Waals surface area contributed by atoms with E-state index >= 15 is 0 Å². The van der Waals surface area contributed by atoms with Crippen molar-refractivity contribution in [2.75, 3.05) is 18.4 Å². The van der Waals surface area contributed by atoms with Gasteiger partial charge in [-0.05, 0) is 44.5 Å². The number of fused-ring (bicyclic) bond motifs is 1. The lowest BCUT2D eigenvalue weighted by atomic mass is 9.97. The maximum absolute atomic E-state index is 13.3. The highest BCUT2D eigenvalue weighted by Crippen LogP contribution is 2.25. The normalized spacial score (nSPS) is 16.4. The molecule has 7 heteroatoms. The van der Waals surface area contributed by atoms with E-state index in [1.807, 2.05) is 55.5 Å². The van der Waals surface area contributed by atoms with E-state index in [0.717, 1.165) is 36.0 Å². The molecule has 1 unspecified atom stereocenters. The molecule has 0 spiro atoms. The van der Waals surface area contributed by atoms with E-state index in [-0.39, 0.29) is 17.4 Å². The number of aromatic nitrogens is 3. The zero-order valence-corrected chi connectivity index (χ0v) is 19.1. The molecule has 1 saturated heterocycles. The number of rotatable bonds is 5. The Bertz CT molecular complexity index is 1370. The molecule has 5 rings (SSSR count). The van der Waals surface area contributed by atoms with Crippen LogP contribution in [0, 0.1) is 12.8 Å². The van der Waals surface area contributed by atoms with Crippen LogP contribution in [0.15, 0.2) is 77.7 Å². The van der Waals surface area contributed by atoms with Gasteiger partial charge < -0.3 is 5.32 Å². The van der Waals surface area contributed by atoms with E-state index in [0.29, 0.717) is 24.4 Å². The Morgan fingerprint density at radius 3 is 2.56 bits per heavy atom. The van der Waals surface area contributed by atoms with Crippen molar-refractivity contribution < 1.29 is 4.79 Å². The molecular weight excluding hydrogens is 426 g/mol. The number of carbonyl (C=O) groups excluding carboxylic acids is 1. The topological polar surface area (TPSA) is 80.1 Å². The second-order valence-corrected chi connectivity index (χ2v) is 8.83. The lowest BCUT2D eigenvalue weighted by Gasteiger charge is -2.32. The molecule has 1 amide bonds. The van der Waals surface area contributed by atoms with E-state index in [9.17, 15) is 9.59 Å². The van der Waals surface area contributed by atoms with Crippen LogP contribution in [0.25, 0.3) is 22.0 Å². The molecule has 1 atom stereocenters. The minimum absolute atomic E-state index is 0.0393. The van der Waals surface area contributed by atoms with Gasteiger partial charge in [0.1, 0.15) is 5.82 Å². The Morgan fingerprint density at radius 1 is 1.03 bits per heavy atom. The molecule has 34 heavy (non-hydrogen) atoms. The summed E-state index contributed by atoms with van der Waals surface area (Å²) in [5.74, 6) is 0.353. The Morgan fingerprint density at radius 2 is 1.79 bits per heavy atom. The number of hydrogen-bond acceptors (Lipinski definition) is 5. The number of amides is 1. The molecule has 172 valence electrons. The zero-order valence-electron chi connectivity index (χ0n) is 19.1. The predicted octanol–water partition coefficient (Wildman–Crippen LogP) is 4.08. The maximum atomic E-state index is 13.3. The third-order valence-corrected chi connectivity index (χ3v) is 6.32. The summed E-state index contributed by atoms with van der Waals surface area (Å²) in [6, 6.07) is 21.2. The van der Waals surface area contributed by atoms with Gasteiger partial charge in [0.05, 0.1) is 23.7 Å². The first-order valence-electron chi connectivity index (χ1n) is 11.6. The first kappa shape index (κ1) is 22.0. The first-order chi connectivity index (χ1) is 16.6. The minimum Gasteiger partial charge on any atom is -0.310 e. The summed E-state index contributed by atoms with van der Waals surface area (Å²) in [6.45, 7) is 3.77. The van der Waals surface area contributed by atoms with E-state index in [1.165, 1.54) is 10.2 Å². The van der Waals surface area contributed by atoms with E-state index in [1.54, 1.807) is 12.3 Å². The van der Waals surface area contributed by atoms with Gasteiger partial charge in [-0.15, -0.1) is 0 Å². The molecule has 1 aliphatic rings. The highest BCUT2D eigenvalue weighted by molar-refractivity contribution is 5.94. The van der Waals surface area contributed by atoms with Gasteiger partial charge in [0.2, 0.25) is 5.91 Å². The second-order valence-electron chi connectivity index (χ2n) is 8.83. The lowest BCUT2D eigenvalue weighted by Crippen LogP contribution is -2.43. The number of carbonyl (C=O) groups is 1. The number of likely N-dealkylation sites (tertiary alicyclic amines) is 1. The van der Waals surface area contributed by atoms with Crippen molar-refractivity contribution >= 4 is 22.5 Å². The van der Waals surface area contributed by atoms with Crippen molar-refractivity contribution in [3.05, 3.63) is 88.8 Å². The SMILES string of the molecule is Cc1ccc(-c2nn(CN3CCCC(C(=O)Nc4ccccn4)C3)c(=O)c3ccccc23)cc1. The van der Waals surface area contributed by atoms with Gasteiger partial charge in [-0.3, -0.25) is 14.5 Å². The summed E-state index contributed by atoms with van der Waals surface area (Å²) in [7, 11) is 0. The zero-order chi connectivity index (χ0) is 23.5. The Kier molecular flexibility index (Phi) is 6.18. The molecule has 1 aliphatic heterocycles. The van der Waals surface area contributed by atoms with Crippen LogP contribution in [0.2, 0.25) is 0 Å². The summed E-state index contributed by atoms with van der Waals surface area (Å²) in [5.41, 5.74) is 2.81. The molecule has 2 aromatic heterocycles. The van der Waals surface area contributed by atoms with Crippen molar-refractivity contribution in [1.29, 1.82) is 0 Å². The first-order valence-corrected chi connectivity index (χ1v) is 11.6. The molecule has 4 aromatic rings. The quantitative estimate of drug-likeness (QED) is 0.493. The van der Waals surface area contributed by atoms with Crippen molar-refractivity contribution in [2.24, 2.45) is 5.92 Å². The van der Waals surface area contributed by atoms with Crippen molar-refractivity contribution in [1.82, 2.24) is 19.7 Å². The maximum Gasteiger partial charge on any atom is 0.275 e. The van der Waals surface area contributed by atoms with Crippen LogP contribution in [-0.2, 0) is 11.5 Å². The van der Waals surface area contributed by atoms with Gasteiger partial charge in [-0.1, -0.05) is 54.1 Å².